The highest BCUT2D eigenvalue weighted by Crippen LogP contribution is 2.03. The van der Waals surface area contributed by atoms with Crippen LogP contribution in [0.5, 0.6) is 0 Å². The Balaban J connectivity index is 3.69. The van der Waals surface area contributed by atoms with Crippen LogP contribution in [0.2, 0.25) is 0 Å². The number of rotatable bonds is 4. The van der Waals surface area contributed by atoms with Crippen LogP contribution >= 0.6 is 0 Å². The van der Waals surface area contributed by atoms with E-state index in [4.69, 9.17) is 4.74 Å². The van der Waals surface area contributed by atoms with E-state index in [2.05, 4.69) is 0 Å². The Bertz CT molecular complexity index is 159. The Morgan fingerprint density at radius 2 is 2.00 bits per heavy atom. The van der Waals surface area contributed by atoms with Crippen LogP contribution in [-0.4, -0.2) is 12.1 Å². The van der Waals surface area contributed by atoms with Gasteiger partial charge in [-0.15, -0.1) is 0 Å². The molecule has 0 N–H and O–H groups in total. The number of hydrogen-bond acceptors (Lipinski definition) is 2. The van der Waals surface area contributed by atoms with Gasteiger partial charge in [-0.3, -0.25) is 4.79 Å². The maximum Gasteiger partial charge on any atom is 0.306 e. The van der Waals surface area contributed by atoms with E-state index in [1.54, 1.807) is 0 Å². The van der Waals surface area contributed by atoms with E-state index >= 15 is 0 Å². The van der Waals surface area contributed by atoms with Gasteiger partial charge in [0.15, 0.2) is 0 Å². The molecule has 2 nitrogen and oxygen atoms in total. The van der Waals surface area contributed by atoms with E-state index in [1.165, 1.54) is 0 Å². The molecule has 0 spiro atoms. The molecular formula is C10H18O2. The third kappa shape index (κ3) is 5.96. The van der Waals surface area contributed by atoms with Gasteiger partial charge in [-0.1, -0.05) is 19.9 Å². The van der Waals surface area contributed by atoms with Crippen molar-refractivity contribution in [3.63, 3.8) is 0 Å². The smallest absolute Gasteiger partial charge is 0.306 e. The summed E-state index contributed by atoms with van der Waals surface area (Å²) in [5, 5.41) is 0. The van der Waals surface area contributed by atoms with Gasteiger partial charge < -0.3 is 4.74 Å². The Hall–Kier alpha value is -0.790. The number of allylic oxidation sites excluding steroid dienone is 1. The van der Waals surface area contributed by atoms with Crippen molar-refractivity contribution in [1.29, 1.82) is 0 Å². The SMILES string of the molecule is CC=CC(C)OC(=O)CC(C)C. The lowest BCUT2D eigenvalue weighted by Crippen LogP contribution is -2.14. The zero-order valence-corrected chi connectivity index (χ0v) is 8.33. The van der Waals surface area contributed by atoms with E-state index in [0.717, 1.165) is 0 Å². The first kappa shape index (κ1) is 11.2. The molecule has 0 saturated heterocycles. The lowest BCUT2D eigenvalue weighted by molar-refractivity contribution is -0.147. The highest BCUT2D eigenvalue weighted by Gasteiger charge is 2.08. The van der Waals surface area contributed by atoms with Crippen molar-refractivity contribution in [3.8, 4) is 0 Å². The molecule has 0 radical (unpaired) electrons. The standard InChI is InChI=1S/C10H18O2/c1-5-6-9(4)12-10(11)7-8(2)3/h5-6,8-9H,7H2,1-4H3. The van der Waals surface area contributed by atoms with Crippen LogP contribution < -0.4 is 0 Å². The third-order valence-corrected chi connectivity index (χ3v) is 1.36. The second-order valence-corrected chi connectivity index (χ2v) is 3.32. The van der Waals surface area contributed by atoms with Gasteiger partial charge in [0.25, 0.3) is 0 Å². The van der Waals surface area contributed by atoms with Gasteiger partial charge in [0.1, 0.15) is 6.10 Å². The Morgan fingerprint density at radius 3 is 2.42 bits per heavy atom. The summed E-state index contributed by atoms with van der Waals surface area (Å²) in [4.78, 5) is 11.1. The summed E-state index contributed by atoms with van der Waals surface area (Å²) in [6.45, 7) is 7.77. The summed E-state index contributed by atoms with van der Waals surface area (Å²) in [6.07, 6.45) is 4.15. The summed E-state index contributed by atoms with van der Waals surface area (Å²) < 4.78 is 5.08. The van der Waals surface area contributed by atoms with Crippen molar-refractivity contribution in [2.24, 2.45) is 5.92 Å². The lowest BCUT2D eigenvalue weighted by Gasteiger charge is -2.09. The Kier molecular flexibility index (Phi) is 5.43. The second kappa shape index (κ2) is 5.81. The third-order valence-electron chi connectivity index (χ3n) is 1.36. The summed E-state index contributed by atoms with van der Waals surface area (Å²) in [5.74, 6) is 0.255. The second-order valence-electron chi connectivity index (χ2n) is 3.32. The van der Waals surface area contributed by atoms with Gasteiger partial charge >= 0.3 is 5.97 Å². The van der Waals surface area contributed by atoms with Crippen LogP contribution in [0.15, 0.2) is 12.2 Å². The quantitative estimate of drug-likeness (QED) is 0.478. The van der Waals surface area contributed by atoms with Crippen molar-refractivity contribution in [2.75, 3.05) is 0 Å². The molecule has 0 fully saturated rings. The van der Waals surface area contributed by atoms with Crippen molar-refractivity contribution >= 4 is 5.97 Å². The molecule has 0 heterocycles. The molecule has 1 atom stereocenters. The van der Waals surface area contributed by atoms with Crippen LogP contribution in [0.25, 0.3) is 0 Å². The minimum Gasteiger partial charge on any atom is -0.458 e. The van der Waals surface area contributed by atoms with Crippen LogP contribution in [0.4, 0.5) is 0 Å². The van der Waals surface area contributed by atoms with E-state index in [0.29, 0.717) is 12.3 Å². The first-order valence-electron chi connectivity index (χ1n) is 4.38. The number of carbonyl (C=O) groups is 1. The first-order chi connectivity index (χ1) is 5.56. The topological polar surface area (TPSA) is 26.3 Å². The van der Waals surface area contributed by atoms with E-state index in [-0.39, 0.29) is 12.1 Å². The zero-order chi connectivity index (χ0) is 9.56. The van der Waals surface area contributed by atoms with Gasteiger partial charge in [-0.05, 0) is 25.8 Å². The number of esters is 1. The van der Waals surface area contributed by atoms with Crippen molar-refractivity contribution in [1.82, 2.24) is 0 Å². The zero-order valence-electron chi connectivity index (χ0n) is 8.33. The number of ether oxygens (including phenoxy) is 1. The fourth-order valence-electron chi connectivity index (χ4n) is 0.899. The maximum absolute atomic E-state index is 11.1. The average Bonchev–Trinajstić information content (AvgIpc) is 1.84. The first-order valence-corrected chi connectivity index (χ1v) is 4.38. The fourth-order valence-corrected chi connectivity index (χ4v) is 0.899. The molecule has 0 saturated carbocycles. The van der Waals surface area contributed by atoms with Crippen LogP contribution in [0.3, 0.4) is 0 Å². The van der Waals surface area contributed by atoms with Crippen molar-refractivity contribution in [3.05, 3.63) is 12.2 Å². The summed E-state index contributed by atoms with van der Waals surface area (Å²) in [7, 11) is 0. The molecule has 2 heteroatoms. The van der Waals surface area contributed by atoms with E-state index in [9.17, 15) is 4.79 Å². The summed E-state index contributed by atoms with van der Waals surface area (Å²) in [6, 6.07) is 0. The molecule has 0 bridgehead atoms. The predicted molar refractivity (Wildman–Crippen MR) is 49.8 cm³/mol. The van der Waals surface area contributed by atoms with Crippen LogP contribution in [0, 0.1) is 5.92 Å². The van der Waals surface area contributed by atoms with Gasteiger partial charge in [-0.2, -0.15) is 0 Å². The minimum absolute atomic E-state index is 0.0961. The molecule has 0 aliphatic heterocycles. The predicted octanol–water partition coefficient (Wildman–Crippen LogP) is 2.54. The molecule has 70 valence electrons. The Labute approximate surface area is 74.6 Å². The lowest BCUT2D eigenvalue weighted by atomic mass is 10.1. The maximum atomic E-state index is 11.1. The van der Waals surface area contributed by atoms with Gasteiger partial charge in [0.2, 0.25) is 0 Å². The van der Waals surface area contributed by atoms with Gasteiger partial charge in [0.05, 0.1) is 0 Å². The fraction of sp³-hybridized carbons (Fsp3) is 0.700. The van der Waals surface area contributed by atoms with Crippen molar-refractivity contribution in [2.45, 2.75) is 40.2 Å². The highest BCUT2D eigenvalue weighted by atomic mass is 16.5. The largest absolute Gasteiger partial charge is 0.458 e. The highest BCUT2D eigenvalue weighted by molar-refractivity contribution is 5.69. The van der Waals surface area contributed by atoms with Crippen molar-refractivity contribution < 1.29 is 9.53 Å². The van der Waals surface area contributed by atoms with Crippen LogP contribution in [-0.2, 0) is 9.53 Å². The molecule has 0 rings (SSSR count). The molecule has 0 aliphatic carbocycles. The number of carbonyl (C=O) groups excluding carboxylic acids is 1. The molecular weight excluding hydrogens is 152 g/mol. The average molecular weight is 170 g/mol. The molecule has 1 unspecified atom stereocenters. The number of hydrogen-bond donors (Lipinski definition) is 0. The monoisotopic (exact) mass is 170 g/mol. The summed E-state index contributed by atoms with van der Waals surface area (Å²) in [5.41, 5.74) is 0. The van der Waals surface area contributed by atoms with E-state index in [1.807, 2.05) is 39.8 Å². The van der Waals surface area contributed by atoms with Gasteiger partial charge in [-0.25, -0.2) is 0 Å². The summed E-state index contributed by atoms with van der Waals surface area (Å²) >= 11 is 0. The van der Waals surface area contributed by atoms with Crippen LogP contribution in [0.1, 0.15) is 34.1 Å². The molecule has 0 amide bonds. The minimum atomic E-state index is -0.115. The normalized spacial score (nSPS) is 13.8. The molecule has 0 aromatic rings. The molecule has 12 heavy (non-hydrogen) atoms. The van der Waals surface area contributed by atoms with E-state index < -0.39 is 0 Å². The molecule has 0 aromatic carbocycles. The molecule has 0 aromatic heterocycles. The molecule has 0 aliphatic rings. The van der Waals surface area contributed by atoms with Gasteiger partial charge in [0, 0.05) is 6.42 Å². The Morgan fingerprint density at radius 1 is 1.42 bits per heavy atom.